The van der Waals surface area contributed by atoms with Crippen molar-refractivity contribution in [1.29, 1.82) is 5.26 Å². The molecule has 1 aliphatic heterocycles. The van der Waals surface area contributed by atoms with Crippen molar-refractivity contribution in [3.05, 3.63) is 23.8 Å². The first-order valence-electron chi connectivity index (χ1n) is 5.84. The van der Waals surface area contributed by atoms with E-state index in [9.17, 15) is 4.79 Å². The molecule has 1 saturated heterocycles. The fourth-order valence-corrected chi connectivity index (χ4v) is 2.09. The maximum Gasteiger partial charge on any atom is 0.318 e. The molecule has 6 heteroatoms. The maximum atomic E-state index is 11.7. The number of hydrogen-bond acceptors (Lipinski definition) is 4. The Morgan fingerprint density at radius 1 is 1.47 bits per heavy atom. The Balaban J connectivity index is 2.24. The van der Waals surface area contributed by atoms with Gasteiger partial charge < -0.3 is 19.7 Å². The SMILES string of the molecule is COc1ccc(C2CN(CC#N)C(=O)N2)c(OC)c1. The largest absolute Gasteiger partial charge is 0.497 e. The standard InChI is InChI=1S/C13H15N3O3/c1-18-9-3-4-10(12(7-9)19-2)11-8-16(6-5-14)13(17)15-11/h3-4,7,11H,6,8H2,1-2H3,(H,15,17). The van der Waals surface area contributed by atoms with E-state index in [1.165, 1.54) is 4.90 Å². The van der Waals surface area contributed by atoms with E-state index in [4.69, 9.17) is 14.7 Å². The van der Waals surface area contributed by atoms with E-state index < -0.39 is 0 Å². The van der Waals surface area contributed by atoms with Gasteiger partial charge in [-0.15, -0.1) is 0 Å². The number of nitrogens with zero attached hydrogens (tertiary/aromatic N) is 2. The molecule has 1 fully saturated rings. The van der Waals surface area contributed by atoms with Crippen molar-refractivity contribution in [1.82, 2.24) is 10.2 Å². The fourth-order valence-electron chi connectivity index (χ4n) is 2.09. The molecule has 19 heavy (non-hydrogen) atoms. The molecule has 1 unspecified atom stereocenters. The highest BCUT2D eigenvalue weighted by molar-refractivity contribution is 5.77. The smallest absolute Gasteiger partial charge is 0.318 e. The van der Waals surface area contributed by atoms with Gasteiger partial charge >= 0.3 is 6.03 Å². The number of carbonyl (C=O) groups is 1. The lowest BCUT2D eigenvalue weighted by Crippen LogP contribution is -2.28. The van der Waals surface area contributed by atoms with Crippen LogP contribution in [0.15, 0.2) is 18.2 Å². The van der Waals surface area contributed by atoms with E-state index in [0.717, 1.165) is 5.56 Å². The highest BCUT2D eigenvalue weighted by Crippen LogP contribution is 2.31. The number of nitriles is 1. The van der Waals surface area contributed by atoms with Crippen LogP contribution in [-0.4, -0.2) is 38.2 Å². The second-order valence-corrected chi connectivity index (χ2v) is 4.15. The van der Waals surface area contributed by atoms with Crippen molar-refractivity contribution in [2.75, 3.05) is 27.3 Å². The molecule has 0 spiro atoms. The third-order valence-electron chi connectivity index (χ3n) is 3.07. The Morgan fingerprint density at radius 2 is 2.26 bits per heavy atom. The zero-order chi connectivity index (χ0) is 13.8. The summed E-state index contributed by atoms with van der Waals surface area (Å²) in [6, 6.07) is 7.01. The van der Waals surface area contributed by atoms with Crippen LogP contribution in [0.5, 0.6) is 11.5 Å². The predicted octanol–water partition coefficient (Wildman–Crippen LogP) is 1.29. The molecule has 0 aliphatic carbocycles. The van der Waals surface area contributed by atoms with E-state index in [0.29, 0.717) is 18.0 Å². The van der Waals surface area contributed by atoms with Crippen molar-refractivity contribution in [3.8, 4) is 17.6 Å². The highest BCUT2D eigenvalue weighted by atomic mass is 16.5. The first kappa shape index (κ1) is 13.0. The third kappa shape index (κ3) is 2.55. The molecule has 2 amide bonds. The summed E-state index contributed by atoms with van der Waals surface area (Å²) in [5.41, 5.74) is 0.872. The highest BCUT2D eigenvalue weighted by Gasteiger charge is 2.31. The van der Waals surface area contributed by atoms with Gasteiger partial charge in [0.2, 0.25) is 0 Å². The zero-order valence-corrected chi connectivity index (χ0v) is 10.8. The number of ether oxygens (including phenoxy) is 2. The summed E-state index contributed by atoms with van der Waals surface area (Å²) in [6.45, 7) is 0.538. The Bertz CT molecular complexity index is 524. The van der Waals surface area contributed by atoms with Gasteiger partial charge in [-0.3, -0.25) is 0 Å². The summed E-state index contributed by atoms with van der Waals surface area (Å²) < 4.78 is 10.5. The van der Waals surface area contributed by atoms with Gasteiger partial charge in [0, 0.05) is 18.2 Å². The Kier molecular flexibility index (Phi) is 3.76. The quantitative estimate of drug-likeness (QED) is 0.829. The predicted molar refractivity (Wildman–Crippen MR) is 68.0 cm³/mol. The van der Waals surface area contributed by atoms with Crippen LogP contribution in [0.25, 0.3) is 0 Å². The van der Waals surface area contributed by atoms with E-state index in [-0.39, 0.29) is 18.6 Å². The van der Waals surface area contributed by atoms with Gasteiger partial charge in [-0.05, 0) is 12.1 Å². The number of hydrogen-bond donors (Lipinski definition) is 1. The van der Waals surface area contributed by atoms with Crippen LogP contribution < -0.4 is 14.8 Å². The minimum Gasteiger partial charge on any atom is -0.497 e. The molecule has 0 bridgehead atoms. The van der Waals surface area contributed by atoms with Crippen LogP contribution in [-0.2, 0) is 0 Å². The summed E-state index contributed by atoms with van der Waals surface area (Å²) in [7, 11) is 3.16. The van der Waals surface area contributed by atoms with Gasteiger partial charge in [0.1, 0.15) is 18.0 Å². The van der Waals surface area contributed by atoms with Gasteiger partial charge in [-0.1, -0.05) is 0 Å². The van der Waals surface area contributed by atoms with Gasteiger partial charge in [0.25, 0.3) is 0 Å². The van der Waals surface area contributed by atoms with Gasteiger partial charge in [-0.2, -0.15) is 5.26 Å². The number of benzene rings is 1. The average molecular weight is 261 g/mol. The van der Waals surface area contributed by atoms with Crippen molar-refractivity contribution in [2.45, 2.75) is 6.04 Å². The first-order chi connectivity index (χ1) is 9.19. The second-order valence-electron chi connectivity index (χ2n) is 4.15. The zero-order valence-electron chi connectivity index (χ0n) is 10.8. The lowest BCUT2D eigenvalue weighted by Gasteiger charge is -2.15. The molecule has 2 rings (SSSR count). The number of methoxy groups -OCH3 is 2. The topological polar surface area (TPSA) is 74.6 Å². The fraction of sp³-hybridized carbons (Fsp3) is 0.385. The van der Waals surface area contributed by atoms with Crippen LogP contribution in [0.4, 0.5) is 4.79 Å². The summed E-state index contributed by atoms with van der Waals surface area (Å²) in [5.74, 6) is 1.35. The normalized spacial score (nSPS) is 17.8. The molecule has 0 aromatic heterocycles. The molecule has 1 aromatic rings. The molecule has 1 N–H and O–H groups in total. The molecule has 1 atom stereocenters. The number of urea groups is 1. The molecule has 0 saturated carbocycles. The minimum absolute atomic E-state index is 0.0841. The van der Waals surface area contributed by atoms with Crippen molar-refractivity contribution in [3.63, 3.8) is 0 Å². The minimum atomic E-state index is -0.232. The monoisotopic (exact) mass is 261 g/mol. The molecule has 1 aliphatic rings. The van der Waals surface area contributed by atoms with Crippen LogP contribution >= 0.6 is 0 Å². The van der Waals surface area contributed by atoms with Gasteiger partial charge in [0.05, 0.1) is 26.3 Å². The molecule has 100 valence electrons. The molecule has 1 heterocycles. The molecule has 6 nitrogen and oxygen atoms in total. The van der Waals surface area contributed by atoms with Crippen LogP contribution in [0, 0.1) is 11.3 Å². The Morgan fingerprint density at radius 3 is 2.89 bits per heavy atom. The number of carbonyl (C=O) groups excluding carboxylic acids is 1. The Labute approximate surface area is 111 Å². The summed E-state index contributed by atoms with van der Waals surface area (Å²) in [4.78, 5) is 13.1. The summed E-state index contributed by atoms with van der Waals surface area (Å²) in [5, 5.41) is 11.5. The van der Waals surface area contributed by atoms with Crippen molar-refractivity contribution >= 4 is 6.03 Å². The molecule has 0 radical (unpaired) electrons. The number of amides is 2. The molecule has 1 aromatic carbocycles. The van der Waals surface area contributed by atoms with E-state index in [1.54, 1.807) is 20.3 Å². The van der Waals surface area contributed by atoms with E-state index in [2.05, 4.69) is 5.32 Å². The van der Waals surface area contributed by atoms with E-state index >= 15 is 0 Å². The first-order valence-corrected chi connectivity index (χ1v) is 5.84. The molecular formula is C13H15N3O3. The van der Waals surface area contributed by atoms with Crippen molar-refractivity contribution < 1.29 is 14.3 Å². The lowest BCUT2D eigenvalue weighted by molar-refractivity contribution is 0.222. The van der Waals surface area contributed by atoms with Gasteiger partial charge in [0.15, 0.2) is 0 Å². The average Bonchev–Trinajstić information content (AvgIpc) is 2.79. The van der Waals surface area contributed by atoms with Crippen LogP contribution in [0.2, 0.25) is 0 Å². The lowest BCUT2D eigenvalue weighted by atomic mass is 10.1. The van der Waals surface area contributed by atoms with Crippen LogP contribution in [0.1, 0.15) is 11.6 Å². The Hall–Kier alpha value is -2.42. The maximum absolute atomic E-state index is 11.7. The van der Waals surface area contributed by atoms with Gasteiger partial charge in [-0.25, -0.2) is 4.79 Å². The second kappa shape index (κ2) is 5.48. The summed E-state index contributed by atoms with van der Waals surface area (Å²) >= 11 is 0. The summed E-state index contributed by atoms with van der Waals surface area (Å²) in [6.07, 6.45) is 0. The van der Waals surface area contributed by atoms with Crippen molar-refractivity contribution in [2.24, 2.45) is 0 Å². The number of nitrogens with one attached hydrogen (secondary N) is 1. The number of rotatable bonds is 4. The molecular weight excluding hydrogens is 246 g/mol. The third-order valence-corrected chi connectivity index (χ3v) is 3.07. The van der Waals surface area contributed by atoms with E-state index in [1.807, 2.05) is 18.2 Å². The van der Waals surface area contributed by atoms with Crippen LogP contribution in [0.3, 0.4) is 0 Å².